The summed E-state index contributed by atoms with van der Waals surface area (Å²) in [5.74, 6) is -0.0190. The first-order valence-electron chi connectivity index (χ1n) is 6.95. The molecule has 1 aromatic rings. The van der Waals surface area contributed by atoms with E-state index in [1.807, 2.05) is 38.1 Å². The number of fused-ring (bicyclic) bond motifs is 1. The number of amides is 3. The molecular formula is C15H21N3O2. The summed E-state index contributed by atoms with van der Waals surface area (Å²) in [6.45, 7) is 4.46. The average Bonchev–Trinajstić information content (AvgIpc) is 2.61. The number of hydrogen-bond donors (Lipinski definition) is 2. The molecule has 0 saturated heterocycles. The van der Waals surface area contributed by atoms with Crippen LogP contribution in [0.25, 0.3) is 0 Å². The van der Waals surface area contributed by atoms with Gasteiger partial charge in [0.25, 0.3) is 0 Å². The van der Waals surface area contributed by atoms with Gasteiger partial charge in [-0.25, -0.2) is 4.79 Å². The maximum absolute atomic E-state index is 12.5. The quantitative estimate of drug-likeness (QED) is 0.869. The summed E-state index contributed by atoms with van der Waals surface area (Å²) >= 11 is 0. The Morgan fingerprint density at radius 2 is 2.20 bits per heavy atom. The van der Waals surface area contributed by atoms with Gasteiger partial charge in [0.2, 0.25) is 5.91 Å². The zero-order chi connectivity index (χ0) is 14.7. The molecule has 108 valence electrons. The summed E-state index contributed by atoms with van der Waals surface area (Å²) in [7, 11) is 1.59. The van der Waals surface area contributed by atoms with E-state index < -0.39 is 6.04 Å². The van der Waals surface area contributed by atoms with E-state index in [9.17, 15) is 9.59 Å². The average molecular weight is 275 g/mol. The van der Waals surface area contributed by atoms with Crippen LogP contribution < -0.4 is 10.6 Å². The minimum Gasteiger partial charge on any atom is -0.341 e. The summed E-state index contributed by atoms with van der Waals surface area (Å²) in [5, 5.41) is 5.57. The van der Waals surface area contributed by atoms with Crippen molar-refractivity contribution in [1.82, 2.24) is 10.2 Å². The van der Waals surface area contributed by atoms with E-state index in [-0.39, 0.29) is 17.9 Å². The fourth-order valence-electron chi connectivity index (χ4n) is 2.54. The van der Waals surface area contributed by atoms with Crippen molar-refractivity contribution < 1.29 is 9.59 Å². The van der Waals surface area contributed by atoms with E-state index in [4.69, 9.17) is 0 Å². The van der Waals surface area contributed by atoms with Crippen LogP contribution in [0, 0.1) is 5.92 Å². The largest absolute Gasteiger partial charge is 0.341 e. The van der Waals surface area contributed by atoms with Crippen LogP contribution in [0.2, 0.25) is 0 Å². The zero-order valence-corrected chi connectivity index (χ0v) is 12.1. The number of benzene rings is 1. The molecular weight excluding hydrogens is 254 g/mol. The topological polar surface area (TPSA) is 61.4 Å². The number of urea groups is 1. The lowest BCUT2D eigenvalue weighted by molar-refractivity contribution is -0.121. The van der Waals surface area contributed by atoms with Gasteiger partial charge in [0.05, 0.1) is 6.54 Å². The Kier molecular flexibility index (Phi) is 4.27. The van der Waals surface area contributed by atoms with Gasteiger partial charge in [0.15, 0.2) is 0 Å². The van der Waals surface area contributed by atoms with Gasteiger partial charge in [-0.1, -0.05) is 38.5 Å². The Labute approximate surface area is 119 Å². The summed E-state index contributed by atoms with van der Waals surface area (Å²) in [5.41, 5.74) is 1.74. The minimum atomic E-state index is -0.452. The number of hydrogen-bond acceptors (Lipinski definition) is 2. The van der Waals surface area contributed by atoms with Crippen LogP contribution >= 0.6 is 0 Å². The standard InChI is InChI=1S/C15H21N3O2/c1-4-10(2)13-14(19)17-12-8-6-5-7-11(12)9-18(13)15(20)16-3/h5-8,10,13H,4,9H2,1-3H3,(H,16,20)(H,17,19). The molecule has 1 aliphatic rings. The monoisotopic (exact) mass is 275 g/mol. The van der Waals surface area contributed by atoms with Gasteiger partial charge >= 0.3 is 6.03 Å². The molecule has 0 saturated carbocycles. The van der Waals surface area contributed by atoms with Gasteiger partial charge < -0.3 is 15.5 Å². The third-order valence-electron chi connectivity index (χ3n) is 3.88. The molecule has 0 spiro atoms. The van der Waals surface area contributed by atoms with E-state index in [2.05, 4.69) is 10.6 Å². The number of para-hydroxylation sites is 1. The molecule has 1 aromatic carbocycles. The van der Waals surface area contributed by atoms with Crippen LogP contribution in [-0.4, -0.2) is 29.9 Å². The zero-order valence-electron chi connectivity index (χ0n) is 12.1. The Hall–Kier alpha value is -2.04. The van der Waals surface area contributed by atoms with Crippen LogP contribution in [0.5, 0.6) is 0 Å². The molecule has 0 aromatic heterocycles. The molecule has 1 aliphatic heterocycles. The normalized spacial score (nSPS) is 19.6. The molecule has 0 bridgehead atoms. The lowest BCUT2D eigenvalue weighted by Crippen LogP contribution is -2.51. The van der Waals surface area contributed by atoms with Gasteiger partial charge in [-0.05, 0) is 17.5 Å². The Morgan fingerprint density at radius 1 is 1.50 bits per heavy atom. The number of rotatable bonds is 2. The van der Waals surface area contributed by atoms with Crippen LogP contribution in [0.3, 0.4) is 0 Å². The molecule has 0 radical (unpaired) electrons. The lowest BCUT2D eigenvalue weighted by Gasteiger charge is -2.31. The lowest BCUT2D eigenvalue weighted by atomic mass is 9.97. The third-order valence-corrected chi connectivity index (χ3v) is 3.88. The molecule has 3 amide bonds. The summed E-state index contributed by atoms with van der Waals surface area (Å²) < 4.78 is 0. The van der Waals surface area contributed by atoms with Crippen molar-refractivity contribution >= 4 is 17.6 Å². The fraction of sp³-hybridized carbons (Fsp3) is 0.467. The van der Waals surface area contributed by atoms with Crippen molar-refractivity contribution in [3.8, 4) is 0 Å². The first kappa shape index (κ1) is 14.4. The highest BCUT2D eigenvalue weighted by molar-refractivity contribution is 5.98. The highest BCUT2D eigenvalue weighted by Crippen LogP contribution is 2.26. The first-order valence-corrected chi connectivity index (χ1v) is 6.95. The number of nitrogens with one attached hydrogen (secondary N) is 2. The third kappa shape index (κ3) is 2.61. The molecule has 1 heterocycles. The SMILES string of the molecule is CCC(C)C1C(=O)Nc2ccccc2CN1C(=O)NC. The maximum Gasteiger partial charge on any atom is 0.318 e. The molecule has 2 unspecified atom stereocenters. The number of anilines is 1. The number of nitrogens with zero attached hydrogens (tertiary/aromatic N) is 1. The van der Waals surface area contributed by atoms with Crippen LogP contribution in [0.4, 0.5) is 10.5 Å². The fourth-order valence-corrected chi connectivity index (χ4v) is 2.54. The Morgan fingerprint density at radius 3 is 2.85 bits per heavy atom. The highest BCUT2D eigenvalue weighted by Gasteiger charge is 2.36. The molecule has 5 nitrogen and oxygen atoms in total. The van der Waals surface area contributed by atoms with E-state index in [0.717, 1.165) is 17.7 Å². The van der Waals surface area contributed by atoms with Crippen molar-refractivity contribution in [3.63, 3.8) is 0 Å². The second-order valence-corrected chi connectivity index (χ2v) is 5.16. The summed E-state index contributed by atoms with van der Waals surface area (Å²) in [4.78, 5) is 26.2. The van der Waals surface area contributed by atoms with Gasteiger partial charge in [-0.2, -0.15) is 0 Å². The molecule has 20 heavy (non-hydrogen) atoms. The summed E-state index contributed by atoms with van der Waals surface area (Å²) in [6.07, 6.45) is 0.835. The Bertz CT molecular complexity index is 516. The van der Waals surface area contributed by atoms with E-state index in [0.29, 0.717) is 6.54 Å². The van der Waals surface area contributed by atoms with Gasteiger partial charge in [-0.3, -0.25) is 4.79 Å². The Balaban J connectivity index is 2.42. The summed E-state index contributed by atoms with van der Waals surface area (Å²) in [6, 6.07) is 6.93. The van der Waals surface area contributed by atoms with E-state index in [1.54, 1.807) is 11.9 Å². The van der Waals surface area contributed by atoms with Crippen molar-refractivity contribution in [2.45, 2.75) is 32.9 Å². The van der Waals surface area contributed by atoms with Crippen LogP contribution in [0.15, 0.2) is 24.3 Å². The molecule has 0 aliphatic carbocycles. The van der Waals surface area contributed by atoms with Gasteiger partial charge in [0.1, 0.15) is 6.04 Å². The second-order valence-electron chi connectivity index (χ2n) is 5.16. The van der Waals surface area contributed by atoms with E-state index >= 15 is 0 Å². The molecule has 5 heteroatoms. The molecule has 2 N–H and O–H groups in total. The first-order chi connectivity index (χ1) is 9.58. The van der Waals surface area contributed by atoms with Gasteiger partial charge in [-0.15, -0.1) is 0 Å². The van der Waals surface area contributed by atoms with Crippen molar-refractivity contribution in [3.05, 3.63) is 29.8 Å². The van der Waals surface area contributed by atoms with Gasteiger partial charge in [0, 0.05) is 12.7 Å². The van der Waals surface area contributed by atoms with E-state index in [1.165, 1.54) is 0 Å². The smallest absolute Gasteiger partial charge is 0.318 e. The molecule has 2 rings (SSSR count). The van der Waals surface area contributed by atoms with Crippen molar-refractivity contribution in [2.24, 2.45) is 5.92 Å². The highest BCUT2D eigenvalue weighted by atomic mass is 16.2. The van der Waals surface area contributed by atoms with Crippen molar-refractivity contribution in [2.75, 3.05) is 12.4 Å². The molecule has 0 fully saturated rings. The number of carbonyl (C=O) groups excluding carboxylic acids is 2. The van der Waals surface area contributed by atoms with Crippen molar-refractivity contribution in [1.29, 1.82) is 0 Å². The maximum atomic E-state index is 12.5. The second kappa shape index (κ2) is 5.94. The number of carbonyl (C=O) groups is 2. The predicted molar refractivity (Wildman–Crippen MR) is 78.3 cm³/mol. The van der Waals surface area contributed by atoms with Crippen LogP contribution in [-0.2, 0) is 11.3 Å². The molecule has 2 atom stereocenters. The van der Waals surface area contributed by atoms with Crippen LogP contribution in [0.1, 0.15) is 25.8 Å². The minimum absolute atomic E-state index is 0.0987. The predicted octanol–water partition coefficient (Wildman–Crippen LogP) is 2.19.